The molecule has 21 saturated heterocycles. The molecule has 21 fully saturated rings. The van der Waals surface area contributed by atoms with E-state index in [9.17, 15) is 122 Å². The molecule has 21 N–H and O–H groups in total. The molecule has 0 aliphatic carbocycles. The maximum atomic E-state index is 12.2. The van der Waals surface area contributed by atoms with Gasteiger partial charge in [-0.05, 0) is 0 Å². The Hall–Kier alpha value is -2.87. The third-order valence-corrected chi connectivity index (χ3v) is 15.4. The van der Waals surface area contributed by atoms with E-state index in [1.165, 1.54) is 0 Å². The summed E-state index contributed by atoms with van der Waals surface area (Å²) in [6.45, 7) is -4.45. The molecule has 83 heavy (non-hydrogen) atoms. The van der Waals surface area contributed by atoms with Crippen molar-refractivity contribution >= 4 is 17.9 Å². The van der Waals surface area contributed by atoms with Gasteiger partial charge in [0.25, 0.3) is 0 Å². The number of carbonyl (C=O) groups is 3. The van der Waals surface area contributed by atoms with Crippen molar-refractivity contribution in [1.29, 1.82) is 0 Å². The summed E-state index contributed by atoms with van der Waals surface area (Å²) in [6.07, 6.45) is -78.7. The van der Waals surface area contributed by atoms with Crippen LogP contribution in [0.5, 0.6) is 0 Å². The first-order valence-corrected chi connectivity index (χ1v) is 26.0. The van der Waals surface area contributed by atoms with Crippen molar-refractivity contribution < 1.29 is 188 Å². The summed E-state index contributed by atoms with van der Waals surface area (Å²) >= 11 is 0. The minimum atomic E-state index is -2.42. The Morgan fingerprint density at radius 3 is 0.482 bits per heavy atom. The zero-order valence-corrected chi connectivity index (χ0v) is 43.0. The molecule has 21 rings (SSSR count). The molecule has 0 radical (unpaired) electrons. The summed E-state index contributed by atoms with van der Waals surface area (Å²) in [4.78, 5) is 36.6. The molecule has 21 aliphatic heterocycles. The zero-order valence-electron chi connectivity index (χ0n) is 43.0. The van der Waals surface area contributed by atoms with Crippen LogP contribution in [0.1, 0.15) is 19.3 Å². The van der Waals surface area contributed by atoms with Crippen LogP contribution in [0.3, 0.4) is 0 Å². The molecule has 478 valence electrons. The smallest absolute Gasteiger partial charge is 0.306 e. The fraction of sp³-hybridized carbons (Fsp3) is 0.933. The Labute approximate surface area is 466 Å². The summed E-state index contributed by atoms with van der Waals surface area (Å²) in [6, 6.07) is 0. The summed E-state index contributed by atoms with van der Waals surface area (Å²) in [5.74, 6) is -5.04. The Bertz CT molecular complexity index is 2110. The normalized spacial score (nSPS) is 52.0. The van der Waals surface area contributed by atoms with Gasteiger partial charge in [0.05, 0.1) is 45.7 Å². The molecule has 35 atom stereocenters. The standard InChI is InChI=1S/C45H70O38/c46-4-11-35-22(60)29(67)43(74-11)82-37-13(6-48)76-45(31(69)24(37)62)83-38-14(7-49)75-44(30(68)23(38)61)81-36-12(5-47)73-42(28(66)21(36)59)79-34-10(3-17(54)55)71-40(26(64)19(34)57)77-32-8(1-15(50)51)70-39(25(63)18(32)56)78-33-9(2-16(52)53)72-41(80-35)27(65)20(33)58/h8-14,18-49,56-69H,1-7H2,(H,50,51)(H,52,53)(H,54,55)/t8-,9-,10-,11-,12-,13-,14-,18-,19-,20+,21-,22-,23-,24-,25-,26-,27+,28-,29+,30-,31-,32-,33-,34-,35-,36-,37-,38-,39-,40-,41-,42-,43-,44-,45-/m1/s1. The lowest BCUT2D eigenvalue weighted by molar-refractivity contribution is -0.396. The zero-order chi connectivity index (χ0) is 60.8. The van der Waals surface area contributed by atoms with E-state index in [0.717, 1.165) is 0 Å². The molecule has 21 heterocycles. The first-order chi connectivity index (χ1) is 39.2. The highest BCUT2D eigenvalue weighted by Gasteiger charge is 2.60. The highest BCUT2D eigenvalue weighted by atomic mass is 16.8. The maximum Gasteiger partial charge on any atom is 0.306 e. The summed E-state index contributed by atoms with van der Waals surface area (Å²) in [5.41, 5.74) is 0. The van der Waals surface area contributed by atoms with Crippen molar-refractivity contribution in [3.8, 4) is 0 Å². The average Bonchev–Trinajstić information content (AvgIpc) is 3.60. The Balaban J connectivity index is 1.12. The molecular weight excluding hydrogens is 1150 g/mol. The summed E-state index contributed by atoms with van der Waals surface area (Å²) in [5, 5.41) is 230. The van der Waals surface area contributed by atoms with Crippen molar-refractivity contribution in [2.45, 2.75) is 234 Å². The fourth-order valence-corrected chi connectivity index (χ4v) is 11.0. The molecule has 0 aromatic carbocycles. The largest absolute Gasteiger partial charge is 0.481 e. The Morgan fingerprint density at radius 2 is 0.349 bits per heavy atom. The van der Waals surface area contributed by atoms with Gasteiger partial charge in [0.1, 0.15) is 171 Å². The first-order valence-electron chi connectivity index (χ1n) is 26.0. The second-order valence-electron chi connectivity index (χ2n) is 20.9. The van der Waals surface area contributed by atoms with Crippen LogP contribution in [0.25, 0.3) is 0 Å². The Morgan fingerprint density at radius 1 is 0.217 bits per heavy atom. The van der Waals surface area contributed by atoms with E-state index < -0.39 is 279 Å². The van der Waals surface area contributed by atoms with Gasteiger partial charge >= 0.3 is 17.9 Å². The number of ether oxygens (including phenoxy) is 14. The molecule has 38 heteroatoms. The van der Waals surface area contributed by atoms with Gasteiger partial charge in [0.15, 0.2) is 44.0 Å². The first kappa shape index (κ1) is 66.1. The number of carboxylic acids is 3. The van der Waals surface area contributed by atoms with Crippen molar-refractivity contribution in [3.05, 3.63) is 0 Å². The van der Waals surface area contributed by atoms with Gasteiger partial charge in [-0.3, -0.25) is 14.4 Å². The van der Waals surface area contributed by atoms with Crippen LogP contribution in [0.4, 0.5) is 0 Å². The molecule has 0 spiro atoms. The third-order valence-electron chi connectivity index (χ3n) is 15.4. The number of rotatable bonds is 10. The molecule has 38 nitrogen and oxygen atoms in total. The molecule has 0 aromatic heterocycles. The fourth-order valence-electron chi connectivity index (χ4n) is 11.0. The second-order valence-corrected chi connectivity index (χ2v) is 20.9. The number of hydrogen-bond donors (Lipinski definition) is 21. The topological polar surface area (TPSA) is 605 Å². The van der Waals surface area contributed by atoms with Gasteiger partial charge in [0, 0.05) is 0 Å². The van der Waals surface area contributed by atoms with Crippen LogP contribution < -0.4 is 0 Å². The van der Waals surface area contributed by atoms with Crippen LogP contribution in [0.15, 0.2) is 0 Å². The van der Waals surface area contributed by atoms with E-state index in [1.807, 2.05) is 0 Å². The van der Waals surface area contributed by atoms with Crippen molar-refractivity contribution in [2.24, 2.45) is 0 Å². The SMILES string of the molecule is O=C(O)C[C@H]1O[C@@H]2O[C@H]3[C@H](O)[C@@H](O)[C@@H](O[C@H]4[C@@H](O)[C@H](O)[C@@H](O[C@H]5[C@H](O)[C@H](O)[C@@H](O[C@H]6[C@H](O)[C@@H](O)[C@@H](O[C@H]7[C@H](O)[C@@H](O)[C@@H](O[C@H]8[C@H](O)[C@@H](O)[C@@H](O[C@H]1[C@H](O)[C@H]2O)O[C@@H]8CO)O[C@@H]7CO)O[C@@H]6CO)O[C@@H]5CO)O[C@@H]4CC(=O)O)O[C@@H]3CC(=O)O. The summed E-state index contributed by atoms with van der Waals surface area (Å²) < 4.78 is 79.4. The lowest BCUT2D eigenvalue weighted by Crippen LogP contribution is -2.68. The highest BCUT2D eigenvalue weighted by molar-refractivity contribution is 5.68. The number of aliphatic hydroxyl groups excluding tert-OH is 18. The molecule has 21 aliphatic rings. The maximum absolute atomic E-state index is 12.2. The highest BCUT2D eigenvalue weighted by Crippen LogP contribution is 2.40. The van der Waals surface area contributed by atoms with E-state index in [2.05, 4.69) is 0 Å². The van der Waals surface area contributed by atoms with Crippen LogP contribution >= 0.6 is 0 Å². The van der Waals surface area contributed by atoms with Gasteiger partial charge < -0.3 is 174 Å². The summed E-state index contributed by atoms with van der Waals surface area (Å²) in [7, 11) is 0. The minimum Gasteiger partial charge on any atom is -0.481 e. The van der Waals surface area contributed by atoms with E-state index in [4.69, 9.17) is 66.3 Å². The lowest BCUT2D eigenvalue weighted by Gasteiger charge is -2.50. The van der Waals surface area contributed by atoms with E-state index in [0.29, 0.717) is 0 Å². The quantitative estimate of drug-likeness (QED) is 0.0966. The van der Waals surface area contributed by atoms with Crippen molar-refractivity contribution in [3.63, 3.8) is 0 Å². The lowest BCUT2D eigenvalue weighted by atomic mass is 9.93. The van der Waals surface area contributed by atoms with Gasteiger partial charge in [-0.15, -0.1) is 0 Å². The van der Waals surface area contributed by atoms with E-state index in [-0.39, 0.29) is 0 Å². The van der Waals surface area contributed by atoms with Gasteiger partial charge in [-0.1, -0.05) is 0 Å². The molecule has 0 aromatic rings. The molecule has 0 amide bonds. The Kier molecular flexibility index (Phi) is 22.0. The number of aliphatic hydroxyl groups is 18. The van der Waals surface area contributed by atoms with Crippen molar-refractivity contribution in [2.75, 3.05) is 26.4 Å². The molecule has 0 unspecified atom stereocenters. The van der Waals surface area contributed by atoms with Crippen LogP contribution in [0, 0.1) is 0 Å². The second kappa shape index (κ2) is 27.7. The minimum absolute atomic E-state index is 1.10. The number of aliphatic carboxylic acids is 3. The van der Waals surface area contributed by atoms with Crippen LogP contribution in [-0.4, -0.2) is 367 Å². The van der Waals surface area contributed by atoms with Gasteiger partial charge in [-0.25, -0.2) is 0 Å². The van der Waals surface area contributed by atoms with Gasteiger partial charge in [-0.2, -0.15) is 0 Å². The molecule has 14 bridgehead atoms. The van der Waals surface area contributed by atoms with E-state index in [1.54, 1.807) is 0 Å². The van der Waals surface area contributed by atoms with E-state index >= 15 is 0 Å². The molecular formula is C45H70O38. The van der Waals surface area contributed by atoms with Crippen LogP contribution in [0.2, 0.25) is 0 Å². The van der Waals surface area contributed by atoms with Crippen LogP contribution in [-0.2, 0) is 80.7 Å². The third kappa shape index (κ3) is 13.7. The number of hydrogen-bond acceptors (Lipinski definition) is 35. The number of carboxylic acid groups (broad SMARTS) is 3. The average molecular weight is 1220 g/mol. The molecule has 0 saturated carbocycles. The monoisotopic (exact) mass is 1220 g/mol. The van der Waals surface area contributed by atoms with Crippen molar-refractivity contribution in [1.82, 2.24) is 0 Å². The predicted octanol–water partition coefficient (Wildman–Crippen LogP) is -13.8. The van der Waals surface area contributed by atoms with Gasteiger partial charge in [0.2, 0.25) is 0 Å². The predicted molar refractivity (Wildman–Crippen MR) is 244 cm³/mol.